The molecule has 0 radical (unpaired) electrons. The van der Waals surface area contributed by atoms with Crippen LogP contribution < -0.4 is 5.32 Å². The number of alkyl halides is 3. The van der Waals surface area contributed by atoms with Crippen molar-refractivity contribution in [2.45, 2.75) is 13.1 Å². The van der Waals surface area contributed by atoms with E-state index in [9.17, 15) is 22.4 Å². The molecule has 0 atom stereocenters. The number of halogens is 4. The van der Waals surface area contributed by atoms with Crippen LogP contribution in [-0.2, 0) is 6.18 Å². The van der Waals surface area contributed by atoms with E-state index in [0.717, 1.165) is 6.07 Å². The Bertz CT molecular complexity index is 949. The van der Waals surface area contributed by atoms with Gasteiger partial charge in [-0.3, -0.25) is 4.79 Å². The van der Waals surface area contributed by atoms with E-state index in [0.29, 0.717) is 0 Å². The van der Waals surface area contributed by atoms with Crippen molar-refractivity contribution in [1.29, 1.82) is 0 Å². The first kappa shape index (κ1) is 17.6. The van der Waals surface area contributed by atoms with Crippen LogP contribution in [0, 0.1) is 12.7 Å². The third kappa shape index (κ3) is 3.56. The number of carbonyl (C=O) groups excluding carboxylic acids is 1. The number of carbonyl (C=O) groups is 1. The number of hydrogen-bond donors (Lipinski definition) is 1. The van der Waals surface area contributed by atoms with Crippen molar-refractivity contribution in [1.82, 2.24) is 9.97 Å². The fourth-order valence-electron chi connectivity index (χ4n) is 2.22. The molecule has 26 heavy (non-hydrogen) atoms. The lowest BCUT2D eigenvalue weighted by molar-refractivity contribution is -0.157. The van der Waals surface area contributed by atoms with Gasteiger partial charge in [-0.25, -0.2) is 14.4 Å². The first-order valence-corrected chi connectivity index (χ1v) is 7.32. The summed E-state index contributed by atoms with van der Waals surface area (Å²) in [6.45, 7) is 1.35. The second-order valence-corrected chi connectivity index (χ2v) is 5.29. The van der Waals surface area contributed by atoms with Crippen LogP contribution in [0.1, 0.15) is 22.0 Å². The van der Waals surface area contributed by atoms with Crippen LogP contribution >= 0.6 is 0 Å². The molecule has 0 saturated heterocycles. The van der Waals surface area contributed by atoms with E-state index in [4.69, 9.17) is 0 Å². The van der Waals surface area contributed by atoms with Gasteiger partial charge in [-0.05, 0) is 31.2 Å². The molecule has 0 saturated carbocycles. The zero-order chi connectivity index (χ0) is 18.9. The Morgan fingerprint density at radius 2 is 1.88 bits per heavy atom. The first-order valence-electron chi connectivity index (χ1n) is 7.32. The molecule has 1 amide bonds. The Labute approximate surface area is 144 Å². The van der Waals surface area contributed by atoms with Gasteiger partial charge in [-0.1, -0.05) is 12.1 Å². The zero-order valence-corrected chi connectivity index (χ0v) is 13.3. The molecule has 0 aliphatic rings. The van der Waals surface area contributed by atoms with Gasteiger partial charge >= 0.3 is 12.1 Å². The Morgan fingerprint density at radius 3 is 2.46 bits per heavy atom. The van der Waals surface area contributed by atoms with Crippen LogP contribution in [0.15, 0.2) is 47.0 Å². The predicted octanol–water partition coefficient (Wildman–Crippen LogP) is 4.46. The fourth-order valence-corrected chi connectivity index (χ4v) is 2.22. The van der Waals surface area contributed by atoms with Gasteiger partial charge in [0.2, 0.25) is 0 Å². The lowest BCUT2D eigenvalue weighted by Gasteiger charge is -2.06. The maximum Gasteiger partial charge on any atom is 0.468 e. The highest BCUT2D eigenvalue weighted by molar-refractivity contribution is 6.03. The number of pyridine rings is 1. The summed E-state index contributed by atoms with van der Waals surface area (Å²) in [5, 5.41) is 2.41. The normalized spacial score (nSPS) is 11.4. The molecule has 0 bridgehead atoms. The number of nitrogens with one attached hydrogen (secondary N) is 1. The highest BCUT2D eigenvalue weighted by Crippen LogP contribution is 2.33. The van der Waals surface area contributed by atoms with Crippen molar-refractivity contribution in [3.8, 4) is 11.3 Å². The van der Waals surface area contributed by atoms with Gasteiger partial charge in [-0.15, -0.1) is 0 Å². The van der Waals surface area contributed by atoms with E-state index >= 15 is 0 Å². The van der Waals surface area contributed by atoms with Gasteiger partial charge in [0.25, 0.3) is 5.91 Å². The minimum Gasteiger partial charge on any atom is -0.438 e. The molecular formula is C17H11F4N3O2. The molecule has 0 unspecified atom stereocenters. The Hall–Kier alpha value is -3.23. The van der Waals surface area contributed by atoms with Gasteiger partial charge < -0.3 is 9.73 Å². The first-order chi connectivity index (χ1) is 12.3. The molecule has 9 heteroatoms. The van der Waals surface area contributed by atoms with E-state index in [1.165, 1.54) is 43.5 Å². The summed E-state index contributed by atoms with van der Waals surface area (Å²) in [5.74, 6) is -2.62. The minimum atomic E-state index is -4.69. The monoisotopic (exact) mass is 365 g/mol. The van der Waals surface area contributed by atoms with Crippen LogP contribution in [0.5, 0.6) is 0 Å². The topological polar surface area (TPSA) is 68.0 Å². The summed E-state index contributed by atoms with van der Waals surface area (Å²) in [6, 6.07) is 8.23. The van der Waals surface area contributed by atoms with Crippen molar-refractivity contribution < 1.29 is 26.8 Å². The SMILES string of the molecule is Cc1oc(C(F)(F)F)nc1-c1ccc(NC(=O)c2ccccc2F)nc1. The Kier molecular flexibility index (Phi) is 4.45. The lowest BCUT2D eigenvalue weighted by Crippen LogP contribution is -2.14. The van der Waals surface area contributed by atoms with Gasteiger partial charge in [0.05, 0.1) is 5.56 Å². The summed E-state index contributed by atoms with van der Waals surface area (Å²) < 4.78 is 56.1. The number of oxazole rings is 1. The van der Waals surface area contributed by atoms with E-state index in [1.807, 2.05) is 0 Å². The minimum absolute atomic E-state index is 0.00296. The summed E-state index contributed by atoms with van der Waals surface area (Å²) in [4.78, 5) is 19.4. The average molecular weight is 365 g/mol. The van der Waals surface area contributed by atoms with Crippen molar-refractivity contribution in [3.63, 3.8) is 0 Å². The van der Waals surface area contributed by atoms with E-state index < -0.39 is 23.8 Å². The molecule has 0 aliphatic heterocycles. The van der Waals surface area contributed by atoms with Crippen LogP contribution in [0.4, 0.5) is 23.4 Å². The fraction of sp³-hybridized carbons (Fsp3) is 0.118. The predicted molar refractivity (Wildman–Crippen MR) is 83.8 cm³/mol. The number of anilines is 1. The number of nitrogens with zero attached hydrogens (tertiary/aromatic N) is 2. The van der Waals surface area contributed by atoms with Gasteiger partial charge in [-0.2, -0.15) is 13.2 Å². The standard InChI is InChI=1S/C17H11F4N3O2/c1-9-14(24-16(26-9)17(19,20)21)10-6-7-13(22-8-10)23-15(25)11-4-2-3-5-12(11)18/h2-8H,1H3,(H,22,23,25). The van der Waals surface area contributed by atoms with Gasteiger partial charge in [0, 0.05) is 11.8 Å². The van der Waals surface area contributed by atoms with Gasteiger partial charge in [0.15, 0.2) is 0 Å². The summed E-state index contributed by atoms with van der Waals surface area (Å²) in [6.07, 6.45) is -3.45. The second kappa shape index (κ2) is 6.58. The van der Waals surface area contributed by atoms with Crippen LogP contribution in [0.2, 0.25) is 0 Å². The van der Waals surface area contributed by atoms with Crippen LogP contribution in [0.25, 0.3) is 11.3 Å². The molecule has 1 N–H and O–H groups in total. The molecule has 134 valence electrons. The molecule has 1 aromatic carbocycles. The van der Waals surface area contributed by atoms with Crippen molar-refractivity contribution in [3.05, 3.63) is 65.6 Å². The third-order valence-corrected chi connectivity index (χ3v) is 3.44. The van der Waals surface area contributed by atoms with Crippen LogP contribution in [-0.4, -0.2) is 15.9 Å². The maximum absolute atomic E-state index is 13.6. The molecule has 2 aromatic heterocycles. The number of benzene rings is 1. The summed E-state index contributed by atoms with van der Waals surface area (Å²) >= 11 is 0. The van der Waals surface area contributed by atoms with Crippen molar-refractivity contribution in [2.75, 3.05) is 5.32 Å². The highest BCUT2D eigenvalue weighted by Gasteiger charge is 2.38. The Balaban J connectivity index is 1.80. The number of rotatable bonds is 3. The van der Waals surface area contributed by atoms with Gasteiger partial charge in [0.1, 0.15) is 23.1 Å². The average Bonchev–Trinajstić information content (AvgIpc) is 2.98. The quantitative estimate of drug-likeness (QED) is 0.696. The number of amides is 1. The lowest BCUT2D eigenvalue weighted by atomic mass is 10.2. The molecule has 3 rings (SSSR count). The zero-order valence-electron chi connectivity index (χ0n) is 13.3. The maximum atomic E-state index is 13.6. The highest BCUT2D eigenvalue weighted by atomic mass is 19.4. The van der Waals surface area contributed by atoms with Crippen LogP contribution in [0.3, 0.4) is 0 Å². The number of hydrogen-bond acceptors (Lipinski definition) is 4. The third-order valence-electron chi connectivity index (χ3n) is 3.44. The number of aryl methyl sites for hydroxylation is 1. The van der Waals surface area contributed by atoms with Crippen molar-refractivity contribution in [2.24, 2.45) is 0 Å². The molecule has 2 heterocycles. The van der Waals surface area contributed by atoms with E-state index in [-0.39, 0.29) is 28.4 Å². The number of aromatic nitrogens is 2. The summed E-state index contributed by atoms with van der Waals surface area (Å²) in [5.41, 5.74) is 0.128. The molecule has 0 aliphatic carbocycles. The molecule has 0 spiro atoms. The summed E-state index contributed by atoms with van der Waals surface area (Å²) in [7, 11) is 0. The van der Waals surface area contributed by atoms with Crippen molar-refractivity contribution >= 4 is 11.7 Å². The Morgan fingerprint density at radius 1 is 1.15 bits per heavy atom. The second-order valence-electron chi connectivity index (χ2n) is 5.29. The smallest absolute Gasteiger partial charge is 0.438 e. The molecule has 3 aromatic rings. The molecular weight excluding hydrogens is 354 g/mol. The largest absolute Gasteiger partial charge is 0.468 e. The van der Waals surface area contributed by atoms with E-state index in [1.54, 1.807) is 0 Å². The molecule has 5 nitrogen and oxygen atoms in total. The van der Waals surface area contributed by atoms with E-state index in [2.05, 4.69) is 19.7 Å². The molecule has 0 fully saturated rings.